The number of nitrogens with zero attached hydrogens (tertiary/aromatic N) is 1. The molecule has 0 radical (unpaired) electrons. The predicted molar refractivity (Wildman–Crippen MR) is 116 cm³/mol. The topological polar surface area (TPSA) is 53.5 Å². The van der Waals surface area contributed by atoms with Crippen LogP contribution in [0.4, 0.5) is 11.4 Å². The molecule has 5 heteroatoms. The maximum atomic E-state index is 11.4. The third kappa shape index (κ3) is 4.07. The molecule has 0 unspecified atom stereocenters. The van der Waals surface area contributed by atoms with Gasteiger partial charge in [-0.15, -0.1) is 0 Å². The fourth-order valence-electron chi connectivity index (χ4n) is 4.49. The number of amides is 1. The first-order valence-corrected chi connectivity index (χ1v) is 10.4. The van der Waals surface area contributed by atoms with Gasteiger partial charge in [0.25, 0.3) is 0 Å². The van der Waals surface area contributed by atoms with Crippen LogP contribution in [0.3, 0.4) is 0 Å². The lowest BCUT2D eigenvalue weighted by atomic mass is 9.67. The Hall–Kier alpha value is -2.33. The maximum absolute atomic E-state index is 11.4. The summed E-state index contributed by atoms with van der Waals surface area (Å²) in [6.07, 6.45) is 7.14. The predicted octanol–water partition coefficient (Wildman–Crippen LogP) is 5.82. The van der Waals surface area contributed by atoms with E-state index in [1.54, 1.807) is 0 Å². The first-order chi connectivity index (χ1) is 13.5. The van der Waals surface area contributed by atoms with Gasteiger partial charge in [0, 0.05) is 28.7 Å². The van der Waals surface area contributed by atoms with Crippen LogP contribution < -0.4 is 10.6 Å². The molecular formula is C23H26ClN3O. The number of benzene rings is 2. The Balaban J connectivity index is 1.66. The van der Waals surface area contributed by atoms with Gasteiger partial charge in [-0.2, -0.15) is 0 Å². The molecule has 146 valence electrons. The molecule has 2 aromatic carbocycles. The summed E-state index contributed by atoms with van der Waals surface area (Å²) in [5.41, 5.74) is 4.38. The Morgan fingerprint density at radius 1 is 1.18 bits per heavy atom. The van der Waals surface area contributed by atoms with Crippen LogP contribution in [0.15, 0.2) is 47.5 Å². The number of hydrogen-bond donors (Lipinski definition) is 2. The standard InChI is InChI=1S/C23H26ClN3O/c1-16(28)26-20-9-8-18-14-23(10-3-2-4-11-23)22(27-21(18)13-20)25-15-17-6-5-7-19(24)12-17/h5-9,12-13H,2-4,10-11,14-15H2,1H3,(H,25,27)(H,26,28). The van der Waals surface area contributed by atoms with Gasteiger partial charge in [0.05, 0.1) is 6.54 Å². The van der Waals surface area contributed by atoms with Gasteiger partial charge in [-0.3, -0.25) is 9.79 Å². The summed E-state index contributed by atoms with van der Waals surface area (Å²) in [6, 6.07) is 14.0. The van der Waals surface area contributed by atoms with Crippen LogP contribution >= 0.6 is 11.6 Å². The minimum absolute atomic E-state index is 0.0608. The highest BCUT2D eigenvalue weighted by atomic mass is 35.5. The van der Waals surface area contributed by atoms with Crippen molar-refractivity contribution >= 4 is 34.7 Å². The van der Waals surface area contributed by atoms with Crippen molar-refractivity contribution in [1.82, 2.24) is 0 Å². The molecule has 2 N–H and O–H groups in total. The number of carbonyl (C=O) groups is 1. The van der Waals surface area contributed by atoms with Gasteiger partial charge in [-0.1, -0.05) is 49.1 Å². The van der Waals surface area contributed by atoms with Crippen molar-refractivity contribution in [3.05, 3.63) is 58.6 Å². The monoisotopic (exact) mass is 395 g/mol. The average molecular weight is 396 g/mol. The van der Waals surface area contributed by atoms with Crippen molar-refractivity contribution in [3.8, 4) is 0 Å². The van der Waals surface area contributed by atoms with Crippen molar-refractivity contribution < 1.29 is 4.79 Å². The molecule has 1 amide bonds. The lowest BCUT2D eigenvalue weighted by Gasteiger charge is -2.42. The number of nitrogens with one attached hydrogen (secondary N) is 2. The van der Waals surface area contributed by atoms with Crippen LogP contribution in [0.2, 0.25) is 5.02 Å². The van der Waals surface area contributed by atoms with Gasteiger partial charge < -0.3 is 10.6 Å². The van der Waals surface area contributed by atoms with Crippen LogP contribution in [0, 0.1) is 5.41 Å². The third-order valence-electron chi connectivity index (χ3n) is 5.83. The number of carbonyl (C=O) groups excluding carboxylic acids is 1. The summed E-state index contributed by atoms with van der Waals surface area (Å²) in [5, 5.41) is 7.24. The molecule has 1 saturated carbocycles. The second-order valence-electron chi connectivity index (χ2n) is 7.99. The van der Waals surface area contributed by atoms with E-state index in [1.807, 2.05) is 30.3 Å². The van der Waals surface area contributed by atoms with Crippen molar-refractivity contribution in [2.45, 2.75) is 52.0 Å². The molecule has 0 atom stereocenters. The second-order valence-corrected chi connectivity index (χ2v) is 8.43. The van der Waals surface area contributed by atoms with E-state index in [-0.39, 0.29) is 11.3 Å². The van der Waals surface area contributed by atoms with Crippen molar-refractivity contribution in [3.63, 3.8) is 0 Å². The Kier molecular flexibility index (Phi) is 5.40. The van der Waals surface area contributed by atoms with E-state index < -0.39 is 0 Å². The summed E-state index contributed by atoms with van der Waals surface area (Å²) in [4.78, 5) is 16.4. The smallest absolute Gasteiger partial charge is 0.221 e. The van der Waals surface area contributed by atoms with E-state index in [4.69, 9.17) is 16.6 Å². The summed E-state index contributed by atoms with van der Waals surface area (Å²) >= 11 is 6.14. The summed E-state index contributed by atoms with van der Waals surface area (Å²) in [6.45, 7) is 2.15. The van der Waals surface area contributed by atoms with Crippen LogP contribution in [-0.2, 0) is 17.8 Å². The average Bonchev–Trinajstić information content (AvgIpc) is 2.67. The molecule has 0 aromatic heterocycles. The maximum Gasteiger partial charge on any atom is 0.221 e. The largest absolute Gasteiger partial charge is 0.343 e. The van der Waals surface area contributed by atoms with Crippen LogP contribution in [0.1, 0.15) is 50.2 Å². The van der Waals surface area contributed by atoms with Gasteiger partial charge in [-0.05, 0) is 54.7 Å². The van der Waals surface area contributed by atoms with Crippen LogP contribution in [0.5, 0.6) is 0 Å². The molecule has 4 rings (SSSR count). The molecule has 4 nitrogen and oxygen atoms in total. The van der Waals surface area contributed by atoms with Crippen molar-refractivity contribution in [2.75, 3.05) is 10.6 Å². The second kappa shape index (κ2) is 7.96. The molecule has 2 aromatic rings. The lowest BCUT2D eigenvalue weighted by Crippen LogP contribution is -2.43. The number of rotatable bonds is 3. The Morgan fingerprint density at radius 3 is 2.75 bits per heavy atom. The highest BCUT2D eigenvalue weighted by molar-refractivity contribution is 6.30. The first kappa shape index (κ1) is 19.0. The zero-order valence-electron chi connectivity index (χ0n) is 16.2. The molecule has 2 aliphatic rings. The fourth-order valence-corrected chi connectivity index (χ4v) is 4.70. The van der Waals surface area contributed by atoms with Gasteiger partial charge in [0.15, 0.2) is 0 Å². The summed E-state index contributed by atoms with van der Waals surface area (Å²) < 4.78 is 0. The number of aliphatic imine (C=N–C) groups is 1. The van der Waals surface area contributed by atoms with Crippen molar-refractivity contribution in [1.29, 1.82) is 0 Å². The SMILES string of the molecule is CC(=O)Nc1ccc2c(c1)NC(=NCc1cccc(Cl)c1)C1(CCCCC1)C2. The van der Waals surface area contributed by atoms with E-state index in [1.165, 1.54) is 44.6 Å². The molecule has 1 spiro atoms. The Labute approximate surface area is 171 Å². The molecule has 1 fully saturated rings. The number of hydrogen-bond acceptors (Lipinski definition) is 2. The van der Waals surface area contributed by atoms with Gasteiger partial charge >= 0.3 is 0 Å². The molecule has 0 saturated heterocycles. The summed E-state index contributed by atoms with van der Waals surface area (Å²) in [5.74, 6) is 1.02. The van der Waals surface area contributed by atoms with E-state index in [9.17, 15) is 4.79 Å². The minimum atomic E-state index is -0.0608. The number of halogens is 1. The van der Waals surface area contributed by atoms with E-state index >= 15 is 0 Å². The Morgan fingerprint density at radius 2 is 2.00 bits per heavy atom. The van der Waals surface area contributed by atoms with Crippen LogP contribution in [0.25, 0.3) is 0 Å². The normalized spacial score (nSPS) is 19.1. The fraction of sp³-hybridized carbons (Fsp3) is 0.391. The van der Waals surface area contributed by atoms with Gasteiger partial charge in [0.2, 0.25) is 5.91 Å². The highest BCUT2D eigenvalue weighted by Crippen LogP contribution is 2.45. The third-order valence-corrected chi connectivity index (χ3v) is 6.07. The molecule has 1 aliphatic heterocycles. The number of anilines is 2. The van der Waals surface area contributed by atoms with E-state index in [0.29, 0.717) is 6.54 Å². The first-order valence-electron chi connectivity index (χ1n) is 10.0. The van der Waals surface area contributed by atoms with Gasteiger partial charge in [0.1, 0.15) is 5.84 Å². The molecule has 28 heavy (non-hydrogen) atoms. The highest BCUT2D eigenvalue weighted by Gasteiger charge is 2.41. The zero-order chi connectivity index (χ0) is 19.6. The Bertz CT molecular complexity index is 916. The molecule has 1 aliphatic carbocycles. The number of amidine groups is 1. The summed E-state index contributed by atoms with van der Waals surface area (Å²) in [7, 11) is 0. The quantitative estimate of drug-likeness (QED) is 0.688. The minimum Gasteiger partial charge on any atom is -0.343 e. The van der Waals surface area contributed by atoms with E-state index in [2.05, 4.69) is 22.8 Å². The number of fused-ring (bicyclic) bond motifs is 1. The zero-order valence-corrected chi connectivity index (χ0v) is 17.0. The molecule has 0 bridgehead atoms. The van der Waals surface area contributed by atoms with Gasteiger partial charge in [-0.25, -0.2) is 0 Å². The van der Waals surface area contributed by atoms with Crippen LogP contribution in [-0.4, -0.2) is 11.7 Å². The lowest BCUT2D eigenvalue weighted by molar-refractivity contribution is -0.114. The van der Waals surface area contributed by atoms with E-state index in [0.717, 1.165) is 34.2 Å². The molecule has 1 heterocycles. The van der Waals surface area contributed by atoms with Crippen molar-refractivity contribution in [2.24, 2.45) is 10.4 Å². The molecular weight excluding hydrogens is 370 g/mol.